The predicted octanol–water partition coefficient (Wildman–Crippen LogP) is 23.4. The topological polar surface area (TPSA) is 95.9 Å². The van der Waals surface area contributed by atoms with Crippen molar-refractivity contribution < 1.29 is 24.5 Å². The van der Waals surface area contributed by atoms with Crippen molar-refractivity contribution in [1.82, 2.24) is 5.32 Å². The largest absolute Gasteiger partial charge is 0.466 e. The molecule has 0 aromatic heterocycles. The lowest BCUT2D eigenvalue weighted by atomic mass is 10.0. The van der Waals surface area contributed by atoms with Crippen LogP contribution in [0.15, 0.2) is 60.8 Å². The number of hydrogen-bond donors (Lipinski definition) is 3. The maximum atomic E-state index is 12.5. The van der Waals surface area contributed by atoms with Gasteiger partial charge in [-0.15, -0.1) is 0 Å². The molecule has 2 atom stereocenters. The Hall–Kier alpha value is -2.44. The fourth-order valence-electron chi connectivity index (χ4n) is 11.0. The van der Waals surface area contributed by atoms with Gasteiger partial charge in [0.05, 0.1) is 25.4 Å². The molecule has 0 bridgehead atoms. The number of hydrogen-bond acceptors (Lipinski definition) is 5. The third-order valence-electron chi connectivity index (χ3n) is 16.5. The van der Waals surface area contributed by atoms with Gasteiger partial charge in [-0.1, -0.05) is 331 Å². The van der Waals surface area contributed by atoms with Gasteiger partial charge in [0.2, 0.25) is 5.91 Å². The Labute approximate surface area is 505 Å². The first kappa shape index (κ1) is 78.6. The molecule has 2 unspecified atom stereocenters. The first-order valence-corrected chi connectivity index (χ1v) is 36.1. The highest BCUT2D eigenvalue weighted by atomic mass is 16.5. The second-order valence-corrected chi connectivity index (χ2v) is 24.6. The molecule has 0 saturated carbocycles. The number of carbonyl (C=O) groups is 2. The normalized spacial score (nSPS) is 12.9. The van der Waals surface area contributed by atoms with Crippen LogP contribution in [0.5, 0.6) is 0 Å². The molecule has 0 spiro atoms. The van der Waals surface area contributed by atoms with Crippen LogP contribution in [0.25, 0.3) is 0 Å². The molecule has 1 amide bonds. The molecule has 0 aromatic carbocycles. The lowest BCUT2D eigenvalue weighted by Crippen LogP contribution is -2.45. The average Bonchev–Trinajstić information content (AvgIpc) is 3.47. The van der Waals surface area contributed by atoms with Crippen LogP contribution >= 0.6 is 0 Å². The van der Waals surface area contributed by atoms with E-state index >= 15 is 0 Å². The molecule has 81 heavy (non-hydrogen) atoms. The zero-order valence-corrected chi connectivity index (χ0v) is 54.3. The highest BCUT2D eigenvalue weighted by molar-refractivity contribution is 5.76. The highest BCUT2D eigenvalue weighted by Crippen LogP contribution is 2.18. The Morgan fingerprint density at radius 2 is 0.617 bits per heavy atom. The van der Waals surface area contributed by atoms with Gasteiger partial charge in [0.1, 0.15) is 0 Å². The summed E-state index contributed by atoms with van der Waals surface area (Å²) in [6.07, 6.45) is 93.0. The first-order valence-electron chi connectivity index (χ1n) is 36.1. The zero-order valence-electron chi connectivity index (χ0n) is 54.3. The van der Waals surface area contributed by atoms with E-state index in [0.29, 0.717) is 19.4 Å². The Morgan fingerprint density at radius 3 is 0.963 bits per heavy atom. The Bertz CT molecular complexity index is 1400. The van der Waals surface area contributed by atoms with Gasteiger partial charge in [-0.25, -0.2) is 0 Å². The van der Waals surface area contributed by atoms with Crippen LogP contribution < -0.4 is 5.32 Å². The summed E-state index contributed by atoms with van der Waals surface area (Å²) in [6.45, 7) is 4.90. The SMILES string of the molecule is CCCCC/C=C\C/C=C\CCCCCCCCCC(=O)OCCCCCCCCCCC/C=C\C/C=C\CCCCCCCCCCCCCC(=O)NC(CO)C(O)/C=C/CCCCCCCCCCCCCCCCCCCC. The van der Waals surface area contributed by atoms with E-state index in [1.807, 2.05) is 6.08 Å². The average molecular weight is 1130 g/mol. The van der Waals surface area contributed by atoms with Crippen LogP contribution in [0.2, 0.25) is 0 Å². The van der Waals surface area contributed by atoms with Crippen molar-refractivity contribution in [2.75, 3.05) is 13.2 Å². The number of nitrogens with one attached hydrogen (secondary N) is 1. The molecule has 0 saturated heterocycles. The maximum Gasteiger partial charge on any atom is 0.305 e. The summed E-state index contributed by atoms with van der Waals surface area (Å²) in [5.41, 5.74) is 0. The summed E-state index contributed by atoms with van der Waals surface area (Å²) in [6, 6.07) is -0.633. The van der Waals surface area contributed by atoms with Crippen molar-refractivity contribution in [2.45, 2.75) is 392 Å². The number of amides is 1. The minimum absolute atomic E-state index is 0.00246. The maximum absolute atomic E-state index is 12.5. The van der Waals surface area contributed by atoms with Crippen molar-refractivity contribution in [1.29, 1.82) is 0 Å². The molecule has 0 radical (unpaired) electrons. The minimum Gasteiger partial charge on any atom is -0.466 e. The van der Waals surface area contributed by atoms with Crippen LogP contribution in [-0.4, -0.2) is 47.4 Å². The molecular weight excluding hydrogens is 995 g/mol. The van der Waals surface area contributed by atoms with Gasteiger partial charge >= 0.3 is 5.97 Å². The summed E-state index contributed by atoms with van der Waals surface area (Å²) in [5.74, 6) is -0.0662. The first-order chi connectivity index (χ1) is 40.0. The number of esters is 1. The fourth-order valence-corrected chi connectivity index (χ4v) is 11.0. The quantitative estimate of drug-likeness (QED) is 0.0320. The van der Waals surface area contributed by atoms with Crippen molar-refractivity contribution in [2.24, 2.45) is 0 Å². The van der Waals surface area contributed by atoms with Crippen LogP contribution in [0.1, 0.15) is 380 Å². The highest BCUT2D eigenvalue weighted by Gasteiger charge is 2.18. The standard InChI is InChI=1S/C75H139NO5/c1-3-5-7-9-11-13-15-17-19-21-22-32-36-39-43-47-51-55-59-63-67-73(78)72(71-77)76-74(79)68-64-60-56-52-48-44-40-37-33-30-28-26-24-23-25-27-29-31-34-38-42-46-50-54-58-62-66-70-81-75(80)69-65-61-57-53-49-45-41-35-20-18-16-14-12-10-8-6-4-2/h12,14,18,20,23-24,27,29,63,67,72-73,77-78H,3-11,13,15-17,19,21-22,25-26,28,30-62,64-66,68-71H2,1-2H3,(H,76,79)/b14-12-,20-18-,24-23-,29-27-,67-63+. The van der Waals surface area contributed by atoms with Crippen molar-refractivity contribution in [3.8, 4) is 0 Å². The third-order valence-corrected chi connectivity index (χ3v) is 16.5. The Kier molecular flexibility index (Phi) is 67.9. The van der Waals surface area contributed by atoms with E-state index in [-0.39, 0.29) is 18.5 Å². The molecule has 3 N–H and O–H groups in total. The molecule has 0 aliphatic rings. The number of rotatable bonds is 67. The Balaban J connectivity index is 3.45. The van der Waals surface area contributed by atoms with Crippen LogP contribution in [0.3, 0.4) is 0 Å². The summed E-state index contributed by atoms with van der Waals surface area (Å²) >= 11 is 0. The lowest BCUT2D eigenvalue weighted by molar-refractivity contribution is -0.143. The number of ether oxygens (including phenoxy) is 1. The van der Waals surface area contributed by atoms with E-state index in [2.05, 4.69) is 67.8 Å². The monoisotopic (exact) mass is 1130 g/mol. The van der Waals surface area contributed by atoms with Crippen LogP contribution in [0.4, 0.5) is 0 Å². The van der Waals surface area contributed by atoms with Crippen molar-refractivity contribution >= 4 is 11.9 Å². The molecule has 0 aromatic rings. The van der Waals surface area contributed by atoms with Gasteiger partial charge < -0.3 is 20.3 Å². The van der Waals surface area contributed by atoms with Gasteiger partial charge in [0, 0.05) is 12.8 Å². The van der Waals surface area contributed by atoms with Crippen molar-refractivity contribution in [3.63, 3.8) is 0 Å². The molecule has 474 valence electrons. The van der Waals surface area contributed by atoms with Gasteiger partial charge in [0.15, 0.2) is 0 Å². The van der Waals surface area contributed by atoms with Gasteiger partial charge in [-0.3, -0.25) is 9.59 Å². The van der Waals surface area contributed by atoms with Crippen LogP contribution in [-0.2, 0) is 14.3 Å². The second kappa shape index (κ2) is 70.0. The number of aliphatic hydroxyl groups excluding tert-OH is 2. The van der Waals surface area contributed by atoms with E-state index in [9.17, 15) is 19.8 Å². The number of carbonyl (C=O) groups excluding carboxylic acids is 2. The molecule has 0 aliphatic heterocycles. The van der Waals surface area contributed by atoms with E-state index in [0.717, 1.165) is 57.8 Å². The zero-order chi connectivity index (χ0) is 58.5. The molecule has 0 rings (SSSR count). The summed E-state index contributed by atoms with van der Waals surface area (Å²) in [4.78, 5) is 24.6. The molecule has 0 heterocycles. The molecule has 0 aliphatic carbocycles. The van der Waals surface area contributed by atoms with E-state index < -0.39 is 12.1 Å². The van der Waals surface area contributed by atoms with Gasteiger partial charge in [-0.2, -0.15) is 0 Å². The second-order valence-electron chi connectivity index (χ2n) is 24.6. The molecule has 6 heteroatoms. The Morgan fingerprint density at radius 1 is 0.346 bits per heavy atom. The fraction of sp³-hybridized carbons (Fsp3) is 0.840. The molecule has 0 fully saturated rings. The van der Waals surface area contributed by atoms with E-state index in [1.54, 1.807) is 6.08 Å². The van der Waals surface area contributed by atoms with E-state index in [1.165, 1.54) is 295 Å². The summed E-state index contributed by atoms with van der Waals surface area (Å²) < 4.78 is 5.49. The molecular formula is C75H139NO5. The number of allylic oxidation sites excluding steroid dienone is 9. The van der Waals surface area contributed by atoms with Crippen molar-refractivity contribution in [3.05, 3.63) is 60.8 Å². The summed E-state index contributed by atoms with van der Waals surface area (Å²) in [5, 5.41) is 23.2. The third kappa shape index (κ3) is 66.6. The number of aliphatic hydroxyl groups is 2. The molecule has 6 nitrogen and oxygen atoms in total. The number of unbranched alkanes of at least 4 members (excludes halogenated alkanes) is 48. The smallest absolute Gasteiger partial charge is 0.305 e. The van der Waals surface area contributed by atoms with Crippen LogP contribution in [0, 0.1) is 0 Å². The summed E-state index contributed by atoms with van der Waals surface area (Å²) in [7, 11) is 0. The van der Waals surface area contributed by atoms with Gasteiger partial charge in [-0.05, 0) is 96.3 Å². The lowest BCUT2D eigenvalue weighted by Gasteiger charge is -2.20. The van der Waals surface area contributed by atoms with E-state index in [4.69, 9.17) is 4.74 Å². The van der Waals surface area contributed by atoms with Gasteiger partial charge in [0.25, 0.3) is 0 Å². The minimum atomic E-state index is -0.849. The predicted molar refractivity (Wildman–Crippen MR) is 356 cm³/mol.